The topological polar surface area (TPSA) is 52.7 Å². The van der Waals surface area contributed by atoms with E-state index in [9.17, 15) is 9.59 Å². The number of urea groups is 1. The number of hydrogen-bond acceptors (Lipinski definition) is 3. The van der Waals surface area contributed by atoms with Crippen LogP contribution in [0.25, 0.3) is 0 Å². The molecular weight excluding hydrogens is 362 g/mol. The number of hydrogen-bond donors (Lipinski definition) is 1. The first-order valence-corrected chi connectivity index (χ1v) is 9.41. The Labute approximate surface area is 164 Å². The van der Waals surface area contributed by atoms with E-state index >= 15 is 0 Å². The number of nitrogens with zero attached hydrogens (tertiary/aromatic N) is 2. The second kappa shape index (κ2) is 8.01. The zero-order valence-electron chi connectivity index (χ0n) is 15.9. The molecule has 27 heavy (non-hydrogen) atoms. The molecule has 0 spiro atoms. The SMILES string of the molecule is CC(=O)c1ccc(NC(=O)N2CCN(c3c(C)cc(C)cc3Cl)CC2)cc1. The van der Waals surface area contributed by atoms with Gasteiger partial charge in [-0.05, 0) is 62.2 Å². The highest BCUT2D eigenvalue weighted by Gasteiger charge is 2.23. The summed E-state index contributed by atoms with van der Waals surface area (Å²) in [6.45, 7) is 8.35. The average Bonchev–Trinajstić information content (AvgIpc) is 2.62. The first kappa shape index (κ1) is 19.2. The van der Waals surface area contributed by atoms with Crippen molar-refractivity contribution in [3.63, 3.8) is 0 Å². The minimum atomic E-state index is -0.128. The van der Waals surface area contributed by atoms with Gasteiger partial charge in [-0.3, -0.25) is 4.79 Å². The number of nitrogens with one attached hydrogen (secondary N) is 1. The number of amides is 2. The van der Waals surface area contributed by atoms with E-state index in [4.69, 9.17) is 11.6 Å². The van der Waals surface area contributed by atoms with Gasteiger partial charge in [0, 0.05) is 37.4 Å². The lowest BCUT2D eigenvalue weighted by Gasteiger charge is -2.37. The van der Waals surface area contributed by atoms with Crippen LogP contribution < -0.4 is 10.2 Å². The molecule has 3 rings (SSSR count). The summed E-state index contributed by atoms with van der Waals surface area (Å²) in [5, 5.41) is 3.65. The van der Waals surface area contributed by atoms with Gasteiger partial charge in [0.25, 0.3) is 0 Å². The van der Waals surface area contributed by atoms with E-state index in [1.165, 1.54) is 6.92 Å². The normalized spacial score (nSPS) is 14.2. The summed E-state index contributed by atoms with van der Waals surface area (Å²) in [6.07, 6.45) is 0. The zero-order valence-corrected chi connectivity index (χ0v) is 16.6. The third-order valence-electron chi connectivity index (χ3n) is 4.82. The van der Waals surface area contributed by atoms with Crippen LogP contribution in [0.15, 0.2) is 36.4 Å². The van der Waals surface area contributed by atoms with E-state index in [1.807, 2.05) is 13.0 Å². The molecule has 5 nitrogen and oxygen atoms in total. The quantitative estimate of drug-likeness (QED) is 0.790. The molecule has 0 saturated carbocycles. The highest BCUT2D eigenvalue weighted by Crippen LogP contribution is 2.31. The lowest BCUT2D eigenvalue weighted by atomic mass is 10.1. The zero-order chi connectivity index (χ0) is 19.6. The van der Waals surface area contributed by atoms with Gasteiger partial charge in [-0.1, -0.05) is 17.7 Å². The van der Waals surface area contributed by atoms with Crippen molar-refractivity contribution in [1.82, 2.24) is 4.90 Å². The number of benzene rings is 2. The van der Waals surface area contributed by atoms with E-state index in [0.717, 1.165) is 34.9 Å². The molecule has 0 atom stereocenters. The number of ketones is 1. The Kier molecular flexibility index (Phi) is 5.71. The van der Waals surface area contributed by atoms with Crippen LogP contribution in [-0.4, -0.2) is 42.9 Å². The molecule has 1 fully saturated rings. The summed E-state index contributed by atoms with van der Waals surface area (Å²) < 4.78 is 0. The van der Waals surface area contributed by atoms with E-state index in [-0.39, 0.29) is 11.8 Å². The van der Waals surface area contributed by atoms with E-state index in [2.05, 4.69) is 23.2 Å². The van der Waals surface area contributed by atoms with Crippen LogP contribution in [0.2, 0.25) is 5.02 Å². The van der Waals surface area contributed by atoms with Crippen molar-refractivity contribution >= 4 is 34.8 Å². The number of carbonyl (C=O) groups excluding carboxylic acids is 2. The van der Waals surface area contributed by atoms with Crippen LogP contribution in [0.4, 0.5) is 16.2 Å². The molecule has 1 N–H and O–H groups in total. The van der Waals surface area contributed by atoms with Crippen LogP contribution in [0.5, 0.6) is 0 Å². The van der Waals surface area contributed by atoms with E-state index in [1.54, 1.807) is 29.2 Å². The molecule has 2 amide bonds. The molecular formula is C21H24ClN3O2. The maximum absolute atomic E-state index is 12.5. The predicted molar refractivity (Wildman–Crippen MR) is 110 cm³/mol. The van der Waals surface area contributed by atoms with Gasteiger partial charge < -0.3 is 15.1 Å². The van der Waals surface area contributed by atoms with Crippen molar-refractivity contribution in [3.05, 3.63) is 58.1 Å². The highest BCUT2D eigenvalue weighted by molar-refractivity contribution is 6.33. The summed E-state index contributed by atoms with van der Waals surface area (Å²) in [5.74, 6) is 0.00839. The van der Waals surface area contributed by atoms with Gasteiger partial charge in [0.1, 0.15) is 0 Å². The van der Waals surface area contributed by atoms with Gasteiger partial charge in [-0.15, -0.1) is 0 Å². The number of halogens is 1. The highest BCUT2D eigenvalue weighted by atomic mass is 35.5. The van der Waals surface area contributed by atoms with Crippen molar-refractivity contribution in [2.75, 3.05) is 36.4 Å². The maximum atomic E-state index is 12.5. The standard InChI is InChI=1S/C21H24ClN3O2/c1-14-12-15(2)20(19(22)13-14)24-8-10-25(11-9-24)21(27)23-18-6-4-17(5-7-18)16(3)26/h4-7,12-13H,8-11H2,1-3H3,(H,23,27). The second-order valence-electron chi connectivity index (χ2n) is 6.95. The summed E-state index contributed by atoms with van der Waals surface area (Å²) in [6, 6.07) is 10.9. The molecule has 0 unspecified atom stereocenters. The van der Waals surface area contributed by atoms with Crippen LogP contribution >= 0.6 is 11.6 Å². The minimum Gasteiger partial charge on any atom is -0.367 e. The second-order valence-corrected chi connectivity index (χ2v) is 7.36. The number of carbonyl (C=O) groups is 2. The smallest absolute Gasteiger partial charge is 0.321 e. The number of anilines is 2. The van der Waals surface area contributed by atoms with Gasteiger partial charge >= 0.3 is 6.03 Å². The van der Waals surface area contributed by atoms with Crippen LogP contribution in [0.1, 0.15) is 28.4 Å². The van der Waals surface area contributed by atoms with Gasteiger partial charge in [0.05, 0.1) is 10.7 Å². The molecule has 0 radical (unpaired) electrons. The lowest BCUT2D eigenvalue weighted by Crippen LogP contribution is -2.50. The van der Waals surface area contributed by atoms with E-state index < -0.39 is 0 Å². The van der Waals surface area contributed by atoms with Crippen LogP contribution in [-0.2, 0) is 0 Å². The molecule has 0 aromatic heterocycles. The Hall–Kier alpha value is -2.53. The Morgan fingerprint density at radius 1 is 1.00 bits per heavy atom. The maximum Gasteiger partial charge on any atom is 0.321 e. The fraction of sp³-hybridized carbons (Fsp3) is 0.333. The molecule has 1 aliphatic heterocycles. The van der Waals surface area contributed by atoms with Crippen molar-refractivity contribution in [3.8, 4) is 0 Å². The molecule has 1 saturated heterocycles. The first-order valence-electron chi connectivity index (χ1n) is 9.04. The molecule has 2 aromatic rings. The van der Waals surface area contributed by atoms with Crippen LogP contribution in [0, 0.1) is 13.8 Å². The number of rotatable bonds is 3. The fourth-order valence-corrected chi connectivity index (χ4v) is 3.87. The number of piperazine rings is 1. The summed E-state index contributed by atoms with van der Waals surface area (Å²) in [5.41, 5.74) is 4.68. The monoisotopic (exact) mass is 385 g/mol. The third-order valence-corrected chi connectivity index (χ3v) is 5.11. The summed E-state index contributed by atoms with van der Waals surface area (Å²) >= 11 is 6.45. The minimum absolute atomic E-state index is 0.00839. The van der Waals surface area contributed by atoms with Crippen LogP contribution in [0.3, 0.4) is 0 Å². The van der Waals surface area contributed by atoms with Gasteiger partial charge in [-0.25, -0.2) is 4.79 Å². The molecule has 1 heterocycles. The summed E-state index contributed by atoms with van der Waals surface area (Å²) in [4.78, 5) is 27.9. The average molecular weight is 386 g/mol. The van der Waals surface area contributed by atoms with Gasteiger partial charge in [0.2, 0.25) is 0 Å². The third kappa shape index (κ3) is 4.42. The largest absolute Gasteiger partial charge is 0.367 e. The molecule has 2 aromatic carbocycles. The number of aryl methyl sites for hydroxylation is 2. The molecule has 142 valence electrons. The van der Waals surface area contributed by atoms with E-state index in [0.29, 0.717) is 24.3 Å². The van der Waals surface area contributed by atoms with Gasteiger partial charge in [0.15, 0.2) is 5.78 Å². The van der Waals surface area contributed by atoms with Crippen molar-refractivity contribution < 1.29 is 9.59 Å². The molecule has 0 bridgehead atoms. The first-order chi connectivity index (χ1) is 12.8. The predicted octanol–water partition coefficient (Wildman–Crippen LogP) is 4.51. The molecule has 1 aliphatic rings. The molecule has 0 aliphatic carbocycles. The number of Topliss-reactive ketones (excluding diaryl/α,β-unsaturated/α-hetero) is 1. The van der Waals surface area contributed by atoms with Crippen molar-refractivity contribution in [1.29, 1.82) is 0 Å². The van der Waals surface area contributed by atoms with Crippen molar-refractivity contribution in [2.24, 2.45) is 0 Å². The Morgan fingerprint density at radius 3 is 2.19 bits per heavy atom. The van der Waals surface area contributed by atoms with Crippen molar-refractivity contribution in [2.45, 2.75) is 20.8 Å². The Morgan fingerprint density at radius 2 is 1.63 bits per heavy atom. The summed E-state index contributed by atoms with van der Waals surface area (Å²) in [7, 11) is 0. The Bertz CT molecular complexity index is 833. The van der Waals surface area contributed by atoms with Gasteiger partial charge in [-0.2, -0.15) is 0 Å². The fourth-order valence-electron chi connectivity index (χ4n) is 3.43. The lowest BCUT2D eigenvalue weighted by molar-refractivity contribution is 0.101. The molecule has 6 heteroatoms. The Balaban J connectivity index is 1.60.